The molecular formula is C23H30N2O4. The van der Waals surface area contributed by atoms with Crippen molar-refractivity contribution in [2.24, 2.45) is 0 Å². The number of anilines is 1. The molecule has 156 valence electrons. The standard InChI is InChI=1S/C23H30N2O4/c1-4-20(26)15-25(19-8-6-5-7-9-19)16-23(27)24-11-10-17-12-21(28-2)22(29-3)13-18(17)14-24/h5-9,12-13,20,26H,4,10-11,14-16H2,1-3H3. The van der Waals surface area contributed by atoms with Crippen LogP contribution in [0.1, 0.15) is 24.5 Å². The van der Waals surface area contributed by atoms with Crippen molar-refractivity contribution < 1.29 is 19.4 Å². The number of benzene rings is 2. The van der Waals surface area contributed by atoms with Crippen LogP contribution in [0.15, 0.2) is 42.5 Å². The van der Waals surface area contributed by atoms with Crippen molar-refractivity contribution in [1.29, 1.82) is 0 Å². The minimum Gasteiger partial charge on any atom is -0.493 e. The van der Waals surface area contributed by atoms with Crippen LogP contribution >= 0.6 is 0 Å². The lowest BCUT2D eigenvalue weighted by molar-refractivity contribution is -0.130. The van der Waals surface area contributed by atoms with E-state index in [4.69, 9.17) is 9.47 Å². The van der Waals surface area contributed by atoms with Gasteiger partial charge < -0.3 is 24.4 Å². The van der Waals surface area contributed by atoms with Crippen molar-refractivity contribution in [3.05, 3.63) is 53.6 Å². The molecule has 0 spiro atoms. The second-order valence-electron chi connectivity index (χ2n) is 7.32. The molecular weight excluding hydrogens is 368 g/mol. The van der Waals surface area contributed by atoms with Crippen LogP contribution in [-0.2, 0) is 17.8 Å². The Bertz CT molecular complexity index is 825. The van der Waals surface area contributed by atoms with E-state index < -0.39 is 6.10 Å². The predicted molar refractivity (Wildman–Crippen MR) is 114 cm³/mol. The van der Waals surface area contributed by atoms with Gasteiger partial charge in [0, 0.05) is 25.3 Å². The van der Waals surface area contributed by atoms with Crippen molar-refractivity contribution in [3.8, 4) is 11.5 Å². The van der Waals surface area contributed by atoms with Crippen LogP contribution in [0.2, 0.25) is 0 Å². The molecule has 0 aromatic heterocycles. The van der Waals surface area contributed by atoms with Crippen LogP contribution < -0.4 is 14.4 Å². The Hall–Kier alpha value is -2.73. The van der Waals surface area contributed by atoms with Crippen LogP contribution in [0.3, 0.4) is 0 Å². The molecule has 0 aliphatic carbocycles. The Kier molecular flexibility index (Phi) is 6.99. The highest BCUT2D eigenvalue weighted by Crippen LogP contribution is 2.33. The van der Waals surface area contributed by atoms with Crippen molar-refractivity contribution in [1.82, 2.24) is 4.90 Å². The molecule has 0 saturated carbocycles. The van der Waals surface area contributed by atoms with Crippen LogP contribution in [0.25, 0.3) is 0 Å². The fourth-order valence-corrected chi connectivity index (χ4v) is 3.64. The summed E-state index contributed by atoms with van der Waals surface area (Å²) in [5.74, 6) is 1.45. The summed E-state index contributed by atoms with van der Waals surface area (Å²) < 4.78 is 10.8. The SMILES string of the molecule is CCC(O)CN(CC(=O)N1CCc2cc(OC)c(OC)cc2C1)c1ccccc1. The van der Waals surface area contributed by atoms with Gasteiger partial charge >= 0.3 is 0 Å². The van der Waals surface area contributed by atoms with Crippen molar-refractivity contribution in [3.63, 3.8) is 0 Å². The lowest BCUT2D eigenvalue weighted by atomic mass is 9.98. The van der Waals surface area contributed by atoms with Crippen LogP contribution in [0.5, 0.6) is 11.5 Å². The van der Waals surface area contributed by atoms with E-state index in [-0.39, 0.29) is 12.5 Å². The molecule has 1 aliphatic rings. The molecule has 1 atom stereocenters. The fourth-order valence-electron chi connectivity index (χ4n) is 3.64. The highest BCUT2D eigenvalue weighted by molar-refractivity contribution is 5.82. The van der Waals surface area contributed by atoms with E-state index in [0.717, 1.165) is 23.4 Å². The van der Waals surface area contributed by atoms with Gasteiger partial charge in [0.25, 0.3) is 0 Å². The van der Waals surface area contributed by atoms with Gasteiger partial charge in [-0.15, -0.1) is 0 Å². The fraction of sp³-hybridized carbons (Fsp3) is 0.435. The number of rotatable bonds is 8. The van der Waals surface area contributed by atoms with E-state index in [1.165, 1.54) is 5.56 Å². The molecule has 1 N–H and O–H groups in total. The molecule has 29 heavy (non-hydrogen) atoms. The first kappa shape index (κ1) is 21.0. The molecule has 6 heteroatoms. The topological polar surface area (TPSA) is 62.2 Å². The van der Waals surface area contributed by atoms with Gasteiger partial charge in [0.2, 0.25) is 5.91 Å². The molecule has 0 bridgehead atoms. The van der Waals surface area contributed by atoms with Gasteiger partial charge in [-0.1, -0.05) is 25.1 Å². The Morgan fingerprint density at radius 3 is 2.41 bits per heavy atom. The molecule has 0 saturated heterocycles. The monoisotopic (exact) mass is 398 g/mol. The number of aliphatic hydroxyl groups excluding tert-OH is 1. The summed E-state index contributed by atoms with van der Waals surface area (Å²) in [6.07, 6.45) is 0.961. The van der Waals surface area contributed by atoms with E-state index in [1.807, 2.05) is 59.2 Å². The molecule has 3 rings (SSSR count). The Labute approximate surface area is 172 Å². The zero-order chi connectivity index (χ0) is 20.8. The van der Waals surface area contributed by atoms with Gasteiger partial charge in [0.15, 0.2) is 11.5 Å². The molecule has 0 radical (unpaired) electrons. The molecule has 1 aliphatic heterocycles. The number of fused-ring (bicyclic) bond motifs is 1. The number of hydrogen-bond donors (Lipinski definition) is 1. The summed E-state index contributed by atoms with van der Waals surface area (Å²) in [5, 5.41) is 10.2. The minimum absolute atomic E-state index is 0.0533. The van der Waals surface area contributed by atoms with Gasteiger partial charge in [0.1, 0.15) is 0 Å². The third-order valence-corrected chi connectivity index (χ3v) is 5.42. The number of carbonyl (C=O) groups excluding carboxylic acids is 1. The Balaban J connectivity index is 1.74. The number of ether oxygens (including phenoxy) is 2. The van der Waals surface area contributed by atoms with Crippen molar-refractivity contribution in [2.75, 3.05) is 38.8 Å². The largest absolute Gasteiger partial charge is 0.493 e. The minimum atomic E-state index is -0.471. The van der Waals surface area contributed by atoms with Gasteiger partial charge in [0.05, 0.1) is 26.9 Å². The number of para-hydroxylation sites is 1. The highest BCUT2D eigenvalue weighted by atomic mass is 16.5. The zero-order valence-electron chi connectivity index (χ0n) is 17.4. The quantitative estimate of drug-likeness (QED) is 0.741. The predicted octanol–water partition coefficient (Wildman–Crippen LogP) is 2.87. The summed E-state index contributed by atoms with van der Waals surface area (Å²) in [6, 6.07) is 13.7. The second-order valence-corrected chi connectivity index (χ2v) is 7.32. The highest BCUT2D eigenvalue weighted by Gasteiger charge is 2.25. The molecule has 2 aromatic rings. The van der Waals surface area contributed by atoms with Gasteiger partial charge in [-0.3, -0.25) is 4.79 Å². The van der Waals surface area contributed by atoms with E-state index in [1.54, 1.807) is 14.2 Å². The van der Waals surface area contributed by atoms with Crippen LogP contribution in [-0.4, -0.2) is 55.9 Å². The van der Waals surface area contributed by atoms with E-state index in [2.05, 4.69) is 0 Å². The van der Waals surface area contributed by atoms with E-state index in [9.17, 15) is 9.90 Å². The summed E-state index contributed by atoms with van der Waals surface area (Å²) >= 11 is 0. The van der Waals surface area contributed by atoms with Gasteiger partial charge in [-0.2, -0.15) is 0 Å². The third kappa shape index (κ3) is 5.01. The maximum Gasteiger partial charge on any atom is 0.242 e. The molecule has 1 unspecified atom stereocenters. The Morgan fingerprint density at radius 1 is 1.14 bits per heavy atom. The van der Waals surface area contributed by atoms with Crippen LogP contribution in [0.4, 0.5) is 5.69 Å². The second kappa shape index (κ2) is 9.65. The number of nitrogens with zero attached hydrogens (tertiary/aromatic N) is 2. The number of methoxy groups -OCH3 is 2. The maximum absolute atomic E-state index is 13.1. The number of carbonyl (C=O) groups is 1. The molecule has 0 fully saturated rings. The van der Waals surface area contributed by atoms with Crippen LogP contribution in [0, 0.1) is 0 Å². The molecule has 1 heterocycles. The van der Waals surface area contributed by atoms with Gasteiger partial charge in [-0.25, -0.2) is 0 Å². The summed E-state index contributed by atoms with van der Waals surface area (Å²) in [6.45, 7) is 3.83. The van der Waals surface area contributed by atoms with Crippen molar-refractivity contribution >= 4 is 11.6 Å². The smallest absolute Gasteiger partial charge is 0.242 e. The first-order valence-corrected chi connectivity index (χ1v) is 10.0. The normalized spacial score (nSPS) is 14.1. The first-order valence-electron chi connectivity index (χ1n) is 10.0. The summed E-state index contributed by atoms with van der Waals surface area (Å²) in [4.78, 5) is 16.9. The number of hydrogen-bond acceptors (Lipinski definition) is 5. The maximum atomic E-state index is 13.1. The molecule has 2 aromatic carbocycles. The summed E-state index contributed by atoms with van der Waals surface area (Å²) in [7, 11) is 3.25. The molecule has 1 amide bonds. The summed E-state index contributed by atoms with van der Waals surface area (Å²) in [5.41, 5.74) is 3.22. The average molecular weight is 399 g/mol. The lowest BCUT2D eigenvalue weighted by Crippen LogP contribution is -2.44. The number of aliphatic hydroxyl groups is 1. The van der Waals surface area contributed by atoms with E-state index >= 15 is 0 Å². The lowest BCUT2D eigenvalue weighted by Gasteiger charge is -2.33. The number of amides is 1. The zero-order valence-corrected chi connectivity index (χ0v) is 17.4. The first-order chi connectivity index (χ1) is 14.0. The Morgan fingerprint density at radius 2 is 1.79 bits per heavy atom. The van der Waals surface area contributed by atoms with Gasteiger partial charge in [-0.05, 0) is 48.2 Å². The average Bonchev–Trinajstić information content (AvgIpc) is 2.77. The molecule has 6 nitrogen and oxygen atoms in total. The van der Waals surface area contributed by atoms with Crippen molar-refractivity contribution in [2.45, 2.75) is 32.4 Å². The van der Waals surface area contributed by atoms with E-state index in [0.29, 0.717) is 31.8 Å². The third-order valence-electron chi connectivity index (χ3n) is 5.42.